The molecule has 1 aliphatic heterocycles. The fraction of sp³-hybridized carbons (Fsp3) is 0.600. The molecule has 1 aromatic rings. The molecule has 1 saturated carbocycles. The molecule has 0 bridgehead atoms. The minimum Gasteiger partial charge on any atom is -0.487 e. The molecule has 1 unspecified atom stereocenters. The van der Waals surface area contributed by atoms with Gasteiger partial charge in [0.25, 0.3) is 0 Å². The van der Waals surface area contributed by atoms with Gasteiger partial charge >= 0.3 is 0 Å². The van der Waals surface area contributed by atoms with Gasteiger partial charge in [-0.3, -0.25) is 0 Å². The molecule has 0 radical (unpaired) electrons. The Bertz CT molecular complexity index is 452. The van der Waals surface area contributed by atoms with Gasteiger partial charge in [-0.15, -0.1) is 0 Å². The van der Waals surface area contributed by atoms with Gasteiger partial charge in [0.2, 0.25) is 0 Å². The molecule has 3 heteroatoms. The maximum absolute atomic E-state index is 6.33. The fourth-order valence-electron chi connectivity index (χ4n) is 3.40. The molecule has 0 saturated heterocycles. The molecule has 1 fully saturated rings. The first-order valence-electron chi connectivity index (χ1n) is 6.75. The quantitative estimate of drug-likeness (QED) is 0.760. The molecule has 0 N–H and O–H groups in total. The lowest BCUT2D eigenvalue weighted by molar-refractivity contribution is 0.0179. The lowest BCUT2D eigenvalue weighted by Gasteiger charge is -2.42. The van der Waals surface area contributed by atoms with Gasteiger partial charge in [-0.2, -0.15) is 0 Å². The highest BCUT2D eigenvalue weighted by Gasteiger charge is 2.43. The van der Waals surface area contributed by atoms with E-state index in [1.54, 1.807) is 0 Å². The van der Waals surface area contributed by atoms with Crippen molar-refractivity contribution in [3.63, 3.8) is 0 Å². The van der Waals surface area contributed by atoms with Crippen LogP contribution in [0.5, 0.6) is 5.75 Å². The molecular weight excluding hydrogens is 246 g/mol. The zero-order chi connectivity index (χ0) is 12.8. The number of hydrogen-bond acceptors (Lipinski definition) is 2. The van der Waals surface area contributed by atoms with Crippen molar-refractivity contribution in [1.82, 2.24) is 4.90 Å². The number of nitrogens with zero attached hydrogens (tertiary/aromatic N) is 1. The van der Waals surface area contributed by atoms with Crippen LogP contribution in [0.2, 0.25) is 5.02 Å². The third-order valence-electron chi connectivity index (χ3n) is 4.36. The molecule has 2 nitrogen and oxygen atoms in total. The van der Waals surface area contributed by atoms with Crippen LogP contribution >= 0.6 is 11.6 Å². The Kier molecular flexibility index (Phi) is 3.03. The van der Waals surface area contributed by atoms with E-state index in [0.29, 0.717) is 6.04 Å². The summed E-state index contributed by atoms with van der Waals surface area (Å²) in [4.78, 5) is 2.29. The number of ether oxygens (including phenoxy) is 1. The third kappa shape index (κ3) is 2.02. The molecule has 0 aromatic heterocycles. The molecule has 1 aliphatic carbocycles. The van der Waals surface area contributed by atoms with E-state index < -0.39 is 0 Å². The fourth-order valence-corrected chi connectivity index (χ4v) is 3.58. The van der Waals surface area contributed by atoms with Crippen LogP contribution in [0.15, 0.2) is 18.2 Å². The van der Waals surface area contributed by atoms with Gasteiger partial charge in [0.1, 0.15) is 11.4 Å². The van der Waals surface area contributed by atoms with Crippen LogP contribution < -0.4 is 4.74 Å². The van der Waals surface area contributed by atoms with Crippen molar-refractivity contribution < 1.29 is 4.74 Å². The zero-order valence-corrected chi connectivity index (χ0v) is 11.8. The maximum atomic E-state index is 6.33. The van der Waals surface area contributed by atoms with E-state index in [0.717, 1.165) is 17.2 Å². The molecule has 2 aliphatic rings. The van der Waals surface area contributed by atoms with Gasteiger partial charge in [0, 0.05) is 23.0 Å². The summed E-state index contributed by atoms with van der Waals surface area (Å²) in [5.74, 6) is 1.03. The average molecular weight is 266 g/mol. The van der Waals surface area contributed by atoms with Gasteiger partial charge in [-0.1, -0.05) is 11.6 Å². The van der Waals surface area contributed by atoms with Crippen LogP contribution in [0.4, 0.5) is 0 Å². The highest BCUT2D eigenvalue weighted by atomic mass is 35.5. The van der Waals surface area contributed by atoms with Crippen molar-refractivity contribution in [2.75, 3.05) is 14.1 Å². The van der Waals surface area contributed by atoms with E-state index >= 15 is 0 Å². The van der Waals surface area contributed by atoms with E-state index in [9.17, 15) is 0 Å². The van der Waals surface area contributed by atoms with Crippen molar-refractivity contribution >= 4 is 11.6 Å². The lowest BCUT2D eigenvalue weighted by atomic mass is 9.85. The Morgan fingerprint density at radius 2 is 2.00 bits per heavy atom. The maximum Gasteiger partial charge on any atom is 0.125 e. The van der Waals surface area contributed by atoms with Crippen LogP contribution in [0, 0.1) is 0 Å². The van der Waals surface area contributed by atoms with Gasteiger partial charge in [0.05, 0.1) is 0 Å². The largest absolute Gasteiger partial charge is 0.487 e. The SMILES string of the molecule is CN(C)C1CC2(CCCC2)Oc2ccc(Cl)cc21. The van der Waals surface area contributed by atoms with Crippen LogP contribution in [0.25, 0.3) is 0 Å². The molecule has 98 valence electrons. The first-order chi connectivity index (χ1) is 8.60. The van der Waals surface area contributed by atoms with Crippen molar-refractivity contribution in [3.05, 3.63) is 28.8 Å². The van der Waals surface area contributed by atoms with E-state index in [1.165, 1.54) is 31.2 Å². The molecule has 18 heavy (non-hydrogen) atoms. The second-order valence-electron chi connectivity index (χ2n) is 5.86. The monoisotopic (exact) mass is 265 g/mol. The Balaban J connectivity index is 2.02. The molecule has 3 rings (SSSR count). The van der Waals surface area contributed by atoms with E-state index in [4.69, 9.17) is 16.3 Å². The molecule has 1 spiro atoms. The summed E-state index contributed by atoms with van der Waals surface area (Å²) < 4.78 is 6.33. The lowest BCUT2D eigenvalue weighted by Crippen LogP contribution is -2.41. The Hall–Kier alpha value is -0.730. The van der Waals surface area contributed by atoms with E-state index in [-0.39, 0.29) is 5.60 Å². The van der Waals surface area contributed by atoms with Gasteiger partial charge in [0.15, 0.2) is 0 Å². The zero-order valence-electron chi connectivity index (χ0n) is 11.1. The molecule has 1 heterocycles. The second-order valence-corrected chi connectivity index (χ2v) is 6.29. The highest BCUT2D eigenvalue weighted by Crippen LogP contribution is 2.48. The van der Waals surface area contributed by atoms with Crippen LogP contribution in [-0.2, 0) is 0 Å². The topological polar surface area (TPSA) is 12.5 Å². The molecule has 0 amide bonds. The first kappa shape index (κ1) is 12.3. The summed E-state index contributed by atoms with van der Waals surface area (Å²) in [5.41, 5.74) is 1.32. The second kappa shape index (κ2) is 4.43. The number of halogens is 1. The Morgan fingerprint density at radius 1 is 1.28 bits per heavy atom. The van der Waals surface area contributed by atoms with Gasteiger partial charge in [-0.25, -0.2) is 0 Å². The number of rotatable bonds is 1. The number of hydrogen-bond donors (Lipinski definition) is 0. The van der Waals surface area contributed by atoms with Gasteiger partial charge < -0.3 is 9.64 Å². The Labute approximate surface area is 114 Å². The summed E-state index contributed by atoms with van der Waals surface area (Å²) in [6.45, 7) is 0. The normalized spacial score (nSPS) is 25.2. The van der Waals surface area contributed by atoms with E-state index in [2.05, 4.69) is 25.1 Å². The standard InChI is InChI=1S/C15H20ClNO/c1-17(2)13-10-15(7-3-4-8-15)18-14-6-5-11(16)9-12(13)14/h5-6,9,13H,3-4,7-8,10H2,1-2H3. The first-order valence-corrected chi connectivity index (χ1v) is 7.12. The number of fused-ring (bicyclic) bond motifs is 1. The predicted molar refractivity (Wildman–Crippen MR) is 74.3 cm³/mol. The van der Waals surface area contributed by atoms with Crippen LogP contribution in [0.1, 0.15) is 43.7 Å². The summed E-state index contributed by atoms with van der Waals surface area (Å²) >= 11 is 6.12. The van der Waals surface area contributed by atoms with Crippen molar-refractivity contribution in [3.8, 4) is 5.75 Å². The molecular formula is C15H20ClNO. The minimum absolute atomic E-state index is 0.0791. The van der Waals surface area contributed by atoms with Crippen molar-refractivity contribution in [2.24, 2.45) is 0 Å². The average Bonchev–Trinajstić information content (AvgIpc) is 2.77. The summed E-state index contributed by atoms with van der Waals surface area (Å²) in [6.07, 6.45) is 6.07. The summed E-state index contributed by atoms with van der Waals surface area (Å²) in [6, 6.07) is 6.45. The Morgan fingerprint density at radius 3 is 2.67 bits per heavy atom. The third-order valence-corrected chi connectivity index (χ3v) is 4.60. The van der Waals surface area contributed by atoms with Gasteiger partial charge in [-0.05, 0) is 58.0 Å². The minimum atomic E-state index is 0.0791. The van der Waals surface area contributed by atoms with Crippen LogP contribution in [-0.4, -0.2) is 24.6 Å². The number of benzene rings is 1. The summed E-state index contributed by atoms with van der Waals surface area (Å²) in [7, 11) is 4.28. The van der Waals surface area contributed by atoms with Crippen LogP contribution in [0.3, 0.4) is 0 Å². The van der Waals surface area contributed by atoms with Crippen molar-refractivity contribution in [1.29, 1.82) is 0 Å². The van der Waals surface area contributed by atoms with Crippen molar-refractivity contribution in [2.45, 2.75) is 43.7 Å². The molecule has 1 atom stereocenters. The van der Waals surface area contributed by atoms with E-state index in [1.807, 2.05) is 12.1 Å². The highest BCUT2D eigenvalue weighted by molar-refractivity contribution is 6.30. The smallest absolute Gasteiger partial charge is 0.125 e. The molecule has 1 aromatic carbocycles. The predicted octanol–water partition coefficient (Wildman–Crippen LogP) is 4.04. The summed E-state index contributed by atoms with van der Waals surface area (Å²) in [5, 5.41) is 0.798.